The lowest BCUT2D eigenvalue weighted by Gasteiger charge is -2.25. The third kappa shape index (κ3) is 3.49. The van der Waals surface area contributed by atoms with Crippen molar-refractivity contribution in [3.8, 4) is 11.5 Å². The molecule has 0 aliphatic heterocycles. The van der Waals surface area contributed by atoms with E-state index in [9.17, 15) is 13.9 Å². The molecular formula is C20H19F2N3O2. The second-order valence-electron chi connectivity index (χ2n) is 6.59. The molecule has 0 radical (unpaired) electrons. The minimum absolute atomic E-state index is 0.0618. The average Bonchev–Trinajstić information content (AvgIpc) is 3.51. The molecular weight excluding hydrogens is 352 g/mol. The van der Waals surface area contributed by atoms with E-state index in [1.54, 1.807) is 30.3 Å². The number of hydrogen-bond acceptors (Lipinski definition) is 5. The summed E-state index contributed by atoms with van der Waals surface area (Å²) in [6.07, 6.45) is -0.766. The number of aromatic nitrogens is 2. The van der Waals surface area contributed by atoms with Crippen molar-refractivity contribution < 1.29 is 18.6 Å². The molecule has 0 spiro atoms. The second-order valence-corrected chi connectivity index (χ2v) is 6.59. The van der Waals surface area contributed by atoms with Crippen molar-refractivity contribution in [3.63, 3.8) is 0 Å². The zero-order chi connectivity index (χ0) is 19.0. The Kier molecular flexibility index (Phi) is 4.51. The van der Waals surface area contributed by atoms with Gasteiger partial charge in [-0.05, 0) is 42.7 Å². The molecule has 1 aromatic heterocycles. The van der Waals surface area contributed by atoms with Crippen LogP contribution >= 0.6 is 0 Å². The number of phenolic OH excluding ortho intramolecular Hbond substituents is 1. The quantitative estimate of drug-likeness (QED) is 0.694. The van der Waals surface area contributed by atoms with Crippen LogP contribution in [-0.4, -0.2) is 28.2 Å². The number of hydrogen-bond donors (Lipinski definition) is 1. The fourth-order valence-corrected chi connectivity index (χ4v) is 3.17. The smallest absolute Gasteiger partial charge is 0.297 e. The molecule has 140 valence electrons. The molecule has 27 heavy (non-hydrogen) atoms. The van der Waals surface area contributed by atoms with E-state index < -0.39 is 12.2 Å². The number of halogens is 2. The van der Waals surface area contributed by atoms with Crippen molar-refractivity contribution in [1.29, 1.82) is 0 Å². The van der Waals surface area contributed by atoms with Crippen LogP contribution in [0.25, 0.3) is 10.9 Å². The highest BCUT2D eigenvalue weighted by atomic mass is 19.3. The molecule has 5 nitrogen and oxygen atoms in total. The van der Waals surface area contributed by atoms with Crippen molar-refractivity contribution in [1.82, 2.24) is 9.97 Å². The molecule has 1 saturated carbocycles. The van der Waals surface area contributed by atoms with Gasteiger partial charge in [0, 0.05) is 18.0 Å². The zero-order valence-corrected chi connectivity index (χ0v) is 14.8. The lowest BCUT2D eigenvalue weighted by Crippen LogP contribution is -2.27. The lowest BCUT2D eigenvalue weighted by molar-refractivity contribution is 0.141. The lowest BCUT2D eigenvalue weighted by atomic mass is 10.1. The maximum absolute atomic E-state index is 13.3. The number of ether oxygens (including phenoxy) is 1. The number of rotatable bonds is 6. The van der Waals surface area contributed by atoms with Gasteiger partial charge in [0.2, 0.25) is 0 Å². The van der Waals surface area contributed by atoms with Crippen LogP contribution < -0.4 is 9.64 Å². The fraction of sp³-hybridized carbons (Fsp3) is 0.300. The van der Waals surface area contributed by atoms with Crippen LogP contribution in [0.4, 0.5) is 14.6 Å². The highest BCUT2D eigenvalue weighted by molar-refractivity contribution is 5.89. The highest BCUT2D eigenvalue weighted by Crippen LogP contribution is 2.37. The Bertz CT molecular complexity index is 977. The van der Waals surface area contributed by atoms with Crippen molar-refractivity contribution in [3.05, 3.63) is 53.9 Å². The molecule has 0 saturated heterocycles. The van der Waals surface area contributed by atoms with Gasteiger partial charge in [-0.1, -0.05) is 18.2 Å². The van der Waals surface area contributed by atoms with Crippen molar-refractivity contribution in [2.24, 2.45) is 0 Å². The number of methoxy groups -OCH3 is 1. The molecule has 1 heterocycles. The summed E-state index contributed by atoms with van der Waals surface area (Å²) < 4.78 is 31.9. The molecule has 3 aromatic rings. The Morgan fingerprint density at radius 1 is 1.19 bits per heavy atom. The first-order valence-electron chi connectivity index (χ1n) is 8.74. The summed E-state index contributed by atoms with van der Waals surface area (Å²) in [6.45, 7) is 0.477. The van der Waals surface area contributed by atoms with Gasteiger partial charge < -0.3 is 14.7 Å². The largest absolute Gasteiger partial charge is 0.504 e. The summed E-state index contributed by atoms with van der Waals surface area (Å²) in [5.74, 6) is 0.499. The number of phenols is 1. The van der Waals surface area contributed by atoms with E-state index in [-0.39, 0.29) is 11.8 Å². The minimum Gasteiger partial charge on any atom is -0.504 e. The van der Waals surface area contributed by atoms with Crippen LogP contribution in [-0.2, 0) is 6.54 Å². The molecule has 0 amide bonds. The van der Waals surface area contributed by atoms with Crippen LogP contribution in [0, 0.1) is 0 Å². The normalized spacial score (nSPS) is 13.9. The van der Waals surface area contributed by atoms with Crippen LogP contribution in [0.5, 0.6) is 11.5 Å². The minimum atomic E-state index is -2.73. The summed E-state index contributed by atoms with van der Waals surface area (Å²) in [4.78, 5) is 10.2. The Morgan fingerprint density at radius 2 is 1.96 bits per heavy atom. The molecule has 1 N–H and O–H groups in total. The van der Waals surface area contributed by atoms with Crippen molar-refractivity contribution >= 4 is 16.7 Å². The van der Waals surface area contributed by atoms with E-state index in [0.29, 0.717) is 23.6 Å². The first-order chi connectivity index (χ1) is 13.1. The molecule has 1 aliphatic carbocycles. The molecule has 1 aliphatic rings. The number of para-hydroxylation sites is 1. The predicted octanol–water partition coefficient (Wildman–Crippen LogP) is 4.45. The van der Waals surface area contributed by atoms with Gasteiger partial charge >= 0.3 is 0 Å². The molecule has 0 unspecified atom stereocenters. The Labute approximate surface area is 155 Å². The molecule has 7 heteroatoms. The second kappa shape index (κ2) is 6.98. The Morgan fingerprint density at radius 3 is 2.67 bits per heavy atom. The van der Waals surface area contributed by atoms with Gasteiger partial charge in [0.05, 0.1) is 12.6 Å². The van der Waals surface area contributed by atoms with Gasteiger partial charge in [-0.3, -0.25) is 0 Å². The molecule has 0 bridgehead atoms. The van der Waals surface area contributed by atoms with Crippen LogP contribution in [0.2, 0.25) is 0 Å². The third-order valence-corrected chi connectivity index (χ3v) is 4.65. The predicted molar refractivity (Wildman–Crippen MR) is 98.4 cm³/mol. The average molecular weight is 371 g/mol. The first-order valence-corrected chi connectivity index (χ1v) is 8.74. The first kappa shape index (κ1) is 17.5. The van der Waals surface area contributed by atoms with Gasteiger partial charge in [-0.2, -0.15) is 0 Å². The standard InChI is InChI=1S/C20H19F2N3O2/c1-27-17-10-12(6-9-16(17)26)11-25(13-7-8-13)20-14-4-2-3-5-15(14)23-19(24-20)18(21)22/h2-6,9-10,13,18,26H,7-8,11H2,1H3. The number of fused-ring (bicyclic) bond motifs is 1. The van der Waals surface area contributed by atoms with E-state index in [2.05, 4.69) is 9.97 Å². The summed E-state index contributed by atoms with van der Waals surface area (Å²) in [6, 6.07) is 12.6. The Balaban J connectivity index is 1.79. The highest BCUT2D eigenvalue weighted by Gasteiger charge is 2.32. The van der Waals surface area contributed by atoms with E-state index in [1.165, 1.54) is 7.11 Å². The molecule has 2 aromatic carbocycles. The number of anilines is 1. The van der Waals surface area contributed by atoms with Crippen LogP contribution in [0.15, 0.2) is 42.5 Å². The van der Waals surface area contributed by atoms with Gasteiger partial charge in [-0.15, -0.1) is 0 Å². The summed E-state index contributed by atoms with van der Waals surface area (Å²) in [5.41, 5.74) is 1.41. The fourth-order valence-electron chi connectivity index (χ4n) is 3.17. The Hall–Kier alpha value is -2.96. The third-order valence-electron chi connectivity index (χ3n) is 4.65. The van der Waals surface area contributed by atoms with Crippen molar-refractivity contribution in [2.75, 3.05) is 12.0 Å². The maximum Gasteiger partial charge on any atom is 0.297 e. The van der Waals surface area contributed by atoms with E-state index in [0.717, 1.165) is 23.8 Å². The summed E-state index contributed by atoms with van der Waals surface area (Å²) in [7, 11) is 1.49. The van der Waals surface area contributed by atoms with Crippen LogP contribution in [0.3, 0.4) is 0 Å². The van der Waals surface area contributed by atoms with Gasteiger partial charge in [-0.25, -0.2) is 18.7 Å². The monoisotopic (exact) mass is 371 g/mol. The summed E-state index contributed by atoms with van der Waals surface area (Å²) >= 11 is 0. The van der Waals surface area contributed by atoms with Crippen molar-refractivity contribution in [2.45, 2.75) is 31.9 Å². The maximum atomic E-state index is 13.3. The zero-order valence-electron chi connectivity index (χ0n) is 14.8. The van der Waals surface area contributed by atoms with Gasteiger partial charge in [0.25, 0.3) is 6.43 Å². The van der Waals surface area contributed by atoms with E-state index in [1.807, 2.05) is 17.0 Å². The molecule has 4 rings (SSSR count). The number of nitrogens with zero attached hydrogens (tertiary/aromatic N) is 3. The van der Waals surface area contributed by atoms with Gasteiger partial charge in [0.15, 0.2) is 17.3 Å². The van der Waals surface area contributed by atoms with E-state index in [4.69, 9.17) is 4.74 Å². The SMILES string of the molecule is COc1cc(CN(c2nc(C(F)F)nc3ccccc23)C2CC2)ccc1O. The van der Waals surface area contributed by atoms with Gasteiger partial charge in [0.1, 0.15) is 5.82 Å². The number of aromatic hydroxyl groups is 1. The molecule has 0 atom stereocenters. The van der Waals surface area contributed by atoms with Crippen LogP contribution in [0.1, 0.15) is 30.7 Å². The number of alkyl halides is 2. The van der Waals surface area contributed by atoms with E-state index >= 15 is 0 Å². The number of benzene rings is 2. The topological polar surface area (TPSA) is 58.5 Å². The molecule has 1 fully saturated rings. The summed E-state index contributed by atoms with van der Waals surface area (Å²) in [5, 5.41) is 10.6.